The maximum atomic E-state index is 10.9. The van der Waals surface area contributed by atoms with Gasteiger partial charge in [0.1, 0.15) is 17.2 Å². The van der Waals surface area contributed by atoms with Crippen molar-refractivity contribution in [3.05, 3.63) is 53.1 Å². The molecule has 0 bridgehead atoms. The van der Waals surface area contributed by atoms with E-state index in [0.29, 0.717) is 30.3 Å². The van der Waals surface area contributed by atoms with Crippen LogP contribution in [-0.2, 0) is 13.1 Å². The smallest absolute Gasteiger partial charge is 0.335 e. The van der Waals surface area contributed by atoms with Crippen LogP contribution in [-0.4, -0.2) is 32.4 Å². The number of carboxylic acids is 1. The van der Waals surface area contributed by atoms with Crippen molar-refractivity contribution in [2.45, 2.75) is 13.1 Å². The Morgan fingerprint density at radius 1 is 0.958 bits per heavy atom. The highest BCUT2D eigenvalue weighted by Crippen LogP contribution is 2.33. The van der Waals surface area contributed by atoms with Crippen molar-refractivity contribution < 1.29 is 24.1 Å². The fourth-order valence-electron chi connectivity index (χ4n) is 2.35. The van der Waals surface area contributed by atoms with Crippen LogP contribution in [0.5, 0.6) is 17.2 Å². The summed E-state index contributed by atoms with van der Waals surface area (Å²) < 4.78 is 16.0. The van der Waals surface area contributed by atoms with Crippen LogP contribution >= 0.6 is 0 Å². The van der Waals surface area contributed by atoms with Gasteiger partial charge in [0.05, 0.1) is 32.5 Å². The summed E-state index contributed by atoms with van der Waals surface area (Å²) >= 11 is 0. The molecule has 0 unspecified atom stereocenters. The molecule has 0 spiro atoms. The van der Waals surface area contributed by atoms with Crippen LogP contribution in [0.2, 0.25) is 0 Å². The minimum absolute atomic E-state index is 0.275. The summed E-state index contributed by atoms with van der Waals surface area (Å²) in [5.41, 5.74) is 2.16. The summed E-state index contributed by atoms with van der Waals surface area (Å²) in [7, 11) is 4.79. The molecule has 0 saturated heterocycles. The molecule has 24 heavy (non-hydrogen) atoms. The summed E-state index contributed by atoms with van der Waals surface area (Å²) in [6.45, 7) is 1.13. The molecule has 0 saturated carbocycles. The SMILES string of the molecule is COc1cc(OC)c(CNCc2ccc(C(=O)O)cc2)c(OC)c1. The molecule has 0 amide bonds. The molecule has 0 aromatic heterocycles. The fraction of sp³-hybridized carbons (Fsp3) is 0.278. The average Bonchev–Trinajstić information content (AvgIpc) is 2.61. The molecule has 2 rings (SSSR count). The number of hydrogen-bond acceptors (Lipinski definition) is 5. The molecule has 0 radical (unpaired) electrons. The maximum absolute atomic E-state index is 10.9. The van der Waals surface area contributed by atoms with E-state index in [-0.39, 0.29) is 5.56 Å². The minimum Gasteiger partial charge on any atom is -0.496 e. The van der Waals surface area contributed by atoms with Crippen molar-refractivity contribution in [2.75, 3.05) is 21.3 Å². The molecular formula is C18H21NO5. The number of carboxylic acid groups (broad SMARTS) is 1. The van der Waals surface area contributed by atoms with Crippen molar-refractivity contribution >= 4 is 5.97 Å². The Morgan fingerprint density at radius 3 is 2.00 bits per heavy atom. The van der Waals surface area contributed by atoms with Crippen LogP contribution in [0, 0.1) is 0 Å². The van der Waals surface area contributed by atoms with Gasteiger partial charge >= 0.3 is 5.97 Å². The van der Waals surface area contributed by atoms with Gasteiger partial charge in [0.15, 0.2) is 0 Å². The molecule has 6 heteroatoms. The normalized spacial score (nSPS) is 10.3. The first-order valence-electron chi connectivity index (χ1n) is 7.41. The average molecular weight is 331 g/mol. The Labute approximate surface area is 141 Å². The predicted octanol–water partition coefficient (Wildman–Crippen LogP) is 2.70. The molecular weight excluding hydrogens is 310 g/mol. The topological polar surface area (TPSA) is 77.0 Å². The van der Waals surface area contributed by atoms with Crippen LogP contribution < -0.4 is 19.5 Å². The molecule has 0 fully saturated rings. The van der Waals surface area contributed by atoms with Gasteiger partial charge in [-0.25, -0.2) is 4.79 Å². The molecule has 0 heterocycles. The van der Waals surface area contributed by atoms with E-state index in [1.165, 1.54) is 0 Å². The van der Waals surface area contributed by atoms with Gasteiger partial charge in [0.2, 0.25) is 0 Å². The number of nitrogens with one attached hydrogen (secondary N) is 1. The first kappa shape index (κ1) is 17.6. The van der Waals surface area contributed by atoms with Crippen molar-refractivity contribution in [3.8, 4) is 17.2 Å². The summed E-state index contributed by atoms with van der Waals surface area (Å²) in [4.78, 5) is 10.9. The van der Waals surface area contributed by atoms with E-state index >= 15 is 0 Å². The lowest BCUT2D eigenvalue weighted by atomic mass is 10.1. The van der Waals surface area contributed by atoms with Gasteiger partial charge in [-0.1, -0.05) is 12.1 Å². The van der Waals surface area contributed by atoms with Gasteiger partial charge in [-0.3, -0.25) is 0 Å². The van der Waals surface area contributed by atoms with Gasteiger partial charge in [0, 0.05) is 25.2 Å². The molecule has 128 valence electrons. The highest BCUT2D eigenvalue weighted by molar-refractivity contribution is 5.87. The summed E-state index contributed by atoms with van der Waals surface area (Å²) in [5.74, 6) is 1.10. The minimum atomic E-state index is -0.929. The Kier molecular flexibility index (Phi) is 6.03. The van der Waals surface area contributed by atoms with Crippen molar-refractivity contribution in [2.24, 2.45) is 0 Å². The lowest BCUT2D eigenvalue weighted by molar-refractivity contribution is 0.0697. The molecule has 0 aliphatic rings. The zero-order valence-corrected chi connectivity index (χ0v) is 14.0. The fourth-order valence-corrected chi connectivity index (χ4v) is 2.35. The Hall–Kier alpha value is -2.73. The van der Waals surface area contributed by atoms with Crippen molar-refractivity contribution in [3.63, 3.8) is 0 Å². The molecule has 0 aliphatic heterocycles. The zero-order chi connectivity index (χ0) is 17.5. The van der Waals surface area contributed by atoms with E-state index in [1.54, 1.807) is 57.7 Å². The second kappa shape index (κ2) is 8.21. The number of methoxy groups -OCH3 is 3. The molecule has 2 aromatic carbocycles. The van der Waals surface area contributed by atoms with Crippen molar-refractivity contribution in [1.82, 2.24) is 5.32 Å². The standard InChI is InChI=1S/C18H21NO5/c1-22-14-8-16(23-2)15(17(9-14)24-3)11-19-10-12-4-6-13(7-5-12)18(20)21/h4-9,19H,10-11H2,1-3H3,(H,20,21). The third-order valence-corrected chi connectivity index (χ3v) is 3.65. The van der Waals surface area contributed by atoms with Gasteiger partial charge in [-0.05, 0) is 17.7 Å². The van der Waals surface area contributed by atoms with E-state index in [2.05, 4.69) is 5.32 Å². The quantitative estimate of drug-likeness (QED) is 0.774. The second-order valence-electron chi connectivity index (χ2n) is 5.12. The van der Waals surface area contributed by atoms with E-state index in [1.807, 2.05) is 0 Å². The van der Waals surface area contributed by atoms with Crippen LogP contribution in [0.3, 0.4) is 0 Å². The Balaban J connectivity index is 2.07. The third-order valence-electron chi connectivity index (χ3n) is 3.65. The summed E-state index contributed by atoms with van der Waals surface area (Å²) in [6, 6.07) is 10.4. The first-order valence-corrected chi connectivity index (χ1v) is 7.41. The van der Waals surface area contributed by atoms with Crippen molar-refractivity contribution in [1.29, 1.82) is 0 Å². The van der Waals surface area contributed by atoms with Gasteiger partial charge < -0.3 is 24.6 Å². The number of aromatic carboxylic acids is 1. The number of ether oxygens (including phenoxy) is 3. The van der Waals surface area contributed by atoms with E-state index in [4.69, 9.17) is 19.3 Å². The predicted molar refractivity (Wildman–Crippen MR) is 90.0 cm³/mol. The number of rotatable bonds is 8. The summed E-state index contributed by atoms with van der Waals surface area (Å²) in [6.07, 6.45) is 0. The highest BCUT2D eigenvalue weighted by atomic mass is 16.5. The maximum Gasteiger partial charge on any atom is 0.335 e. The Morgan fingerprint density at radius 2 is 1.54 bits per heavy atom. The summed E-state index contributed by atoms with van der Waals surface area (Å²) in [5, 5.41) is 12.2. The van der Waals surface area contributed by atoms with E-state index in [9.17, 15) is 4.79 Å². The second-order valence-corrected chi connectivity index (χ2v) is 5.12. The van der Waals surface area contributed by atoms with Crippen LogP contribution in [0.25, 0.3) is 0 Å². The molecule has 6 nitrogen and oxygen atoms in total. The van der Waals surface area contributed by atoms with Crippen LogP contribution in [0.15, 0.2) is 36.4 Å². The van der Waals surface area contributed by atoms with Gasteiger partial charge in [0.25, 0.3) is 0 Å². The van der Waals surface area contributed by atoms with Crippen LogP contribution in [0.4, 0.5) is 0 Å². The largest absolute Gasteiger partial charge is 0.496 e. The zero-order valence-electron chi connectivity index (χ0n) is 14.0. The number of hydrogen-bond donors (Lipinski definition) is 2. The lowest BCUT2D eigenvalue weighted by Gasteiger charge is -2.15. The monoisotopic (exact) mass is 331 g/mol. The molecule has 2 N–H and O–H groups in total. The highest BCUT2D eigenvalue weighted by Gasteiger charge is 2.13. The number of carbonyl (C=O) groups is 1. The van der Waals surface area contributed by atoms with Gasteiger partial charge in [-0.2, -0.15) is 0 Å². The number of benzene rings is 2. The lowest BCUT2D eigenvalue weighted by Crippen LogP contribution is -2.14. The Bertz CT molecular complexity index is 672. The van der Waals surface area contributed by atoms with Crippen LogP contribution in [0.1, 0.15) is 21.5 Å². The molecule has 0 atom stereocenters. The molecule has 2 aromatic rings. The van der Waals surface area contributed by atoms with Gasteiger partial charge in [-0.15, -0.1) is 0 Å². The van der Waals surface area contributed by atoms with E-state index < -0.39 is 5.97 Å². The third kappa shape index (κ3) is 4.17. The molecule has 0 aliphatic carbocycles. The van der Waals surface area contributed by atoms with E-state index in [0.717, 1.165) is 11.1 Å². The first-order chi connectivity index (χ1) is 11.6.